The average molecular weight is 299 g/mol. The molecule has 0 radical (unpaired) electrons. The van der Waals surface area contributed by atoms with Gasteiger partial charge >= 0.3 is 0 Å². The van der Waals surface area contributed by atoms with Crippen LogP contribution in [-0.4, -0.2) is 25.5 Å². The highest BCUT2D eigenvalue weighted by molar-refractivity contribution is 8.00. The van der Waals surface area contributed by atoms with Crippen molar-refractivity contribution in [1.82, 2.24) is 4.72 Å². The summed E-state index contributed by atoms with van der Waals surface area (Å²) in [5.41, 5.74) is 0.799. The fraction of sp³-hybridized carbons (Fsp3) is 0.571. The lowest BCUT2D eigenvalue weighted by Crippen LogP contribution is -2.39. The van der Waals surface area contributed by atoms with Crippen LogP contribution in [0.1, 0.15) is 31.7 Å². The molecule has 2 rings (SSSR count). The molecule has 5 heteroatoms. The van der Waals surface area contributed by atoms with Gasteiger partial charge in [-0.25, -0.2) is 13.1 Å². The van der Waals surface area contributed by atoms with E-state index in [1.165, 1.54) is 0 Å². The topological polar surface area (TPSA) is 46.2 Å². The van der Waals surface area contributed by atoms with Gasteiger partial charge in [-0.15, -0.1) is 0 Å². The maximum atomic E-state index is 12.4. The minimum absolute atomic E-state index is 0.0783. The van der Waals surface area contributed by atoms with E-state index in [2.05, 4.69) is 11.6 Å². The van der Waals surface area contributed by atoms with Gasteiger partial charge < -0.3 is 0 Å². The Kier molecular flexibility index (Phi) is 4.92. The van der Waals surface area contributed by atoms with E-state index >= 15 is 0 Å². The summed E-state index contributed by atoms with van der Waals surface area (Å²) in [6, 6.07) is 7.22. The zero-order chi connectivity index (χ0) is 13.9. The largest absolute Gasteiger partial charge is 0.241 e. The summed E-state index contributed by atoms with van der Waals surface area (Å²) < 4.78 is 27.8. The van der Waals surface area contributed by atoms with Gasteiger partial charge in [-0.1, -0.05) is 31.5 Å². The summed E-state index contributed by atoms with van der Waals surface area (Å²) in [7, 11) is -3.39. The van der Waals surface area contributed by atoms with Gasteiger partial charge in [0.25, 0.3) is 0 Å². The van der Waals surface area contributed by atoms with Crippen LogP contribution in [0.3, 0.4) is 0 Å². The monoisotopic (exact) mass is 299 g/mol. The molecule has 19 heavy (non-hydrogen) atoms. The summed E-state index contributed by atoms with van der Waals surface area (Å²) in [5.74, 6) is 1.03. The molecule has 1 fully saturated rings. The molecule has 2 atom stereocenters. The SMILES string of the molecule is CCSC1CCCC1NS(=O)(=O)c1ccccc1C. The van der Waals surface area contributed by atoms with Crippen molar-refractivity contribution in [2.45, 2.75) is 49.3 Å². The summed E-state index contributed by atoms with van der Waals surface area (Å²) in [4.78, 5) is 0.405. The van der Waals surface area contributed by atoms with E-state index in [0.29, 0.717) is 10.1 Å². The molecule has 0 heterocycles. The maximum Gasteiger partial charge on any atom is 0.241 e. The van der Waals surface area contributed by atoms with E-state index in [1.54, 1.807) is 12.1 Å². The number of hydrogen-bond acceptors (Lipinski definition) is 3. The third-order valence-electron chi connectivity index (χ3n) is 3.52. The first-order valence-electron chi connectivity index (χ1n) is 6.74. The number of benzene rings is 1. The van der Waals surface area contributed by atoms with Crippen LogP contribution in [0.5, 0.6) is 0 Å². The van der Waals surface area contributed by atoms with Gasteiger partial charge in [-0.3, -0.25) is 0 Å². The molecule has 0 bridgehead atoms. The van der Waals surface area contributed by atoms with E-state index in [1.807, 2.05) is 30.8 Å². The van der Waals surface area contributed by atoms with Crippen LogP contribution in [0.25, 0.3) is 0 Å². The second-order valence-corrected chi connectivity index (χ2v) is 8.12. The van der Waals surface area contributed by atoms with Crippen LogP contribution in [0.15, 0.2) is 29.2 Å². The molecule has 0 aliphatic heterocycles. The standard InChI is InChI=1S/C14H21NO2S2/c1-3-18-13-9-6-8-12(13)15-19(16,17)14-10-5-4-7-11(14)2/h4-5,7,10,12-13,15H,3,6,8-9H2,1-2H3. The van der Waals surface area contributed by atoms with E-state index in [-0.39, 0.29) is 6.04 Å². The van der Waals surface area contributed by atoms with Gasteiger partial charge in [0, 0.05) is 11.3 Å². The van der Waals surface area contributed by atoms with Crippen molar-refractivity contribution < 1.29 is 8.42 Å². The third kappa shape index (κ3) is 3.52. The summed E-state index contributed by atoms with van der Waals surface area (Å²) >= 11 is 1.86. The van der Waals surface area contributed by atoms with E-state index in [4.69, 9.17) is 0 Å². The predicted molar refractivity (Wildman–Crippen MR) is 81.1 cm³/mol. The van der Waals surface area contributed by atoms with Gasteiger partial charge in [0.1, 0.15) is 0 Å². The lowest BCUT2D eigenvalue weighted by atomic mass is 10.2. The quantitative estimate of drug-likeness (QED) is 0.909. The van der Waals surface area contributed by atoms with E-state index in [0.717, 1.165) is 30.6 Å². The minimum Gasteiger partial charge on any atom is -0.207 e. The summed E-state index contributed by atoms with van der Waals surface area (Å²) in [5, 5.41) is 0.420. The maximum absolute atomic E-state index is 12.4. The third-order valence-corrected chi connectivity index (χ3v) is 6.50. The number of rotatable bonds is 5. The van der Waals surface area contributed by atoms with Crippen LogP contribution >= 0.6 is 11.8 Å². The molecule has 1 N–H and O–H groups in total. The highest BCUT2D eigenvalue weighted by atomic mass is 32.2. The fourth-order valence-corrected chi connectivity index (χ4v) is 5.44. The van der Waals surface area contributed by atoms with Crippen molar-refractivity contribution >= 4 is 21.8 Å². The number of hydrogen-bond donors (Lipinski definition) is 1. The van der Waals surface area contributed by atoms with Gasteiger partial charge in [-0.05, 0) is 37.1 Å². The van der Waals surface area contributed by atoms with Gasteiger partial charge in [0.15, 0.2) is 0 Å². The van der Waals surface area contributed by atoms with E-state index < -0.39 is 10.0 Å². The molecule has 3 nitrogen and oxygen atoms in total. The van der Waals surface area contributed by atoms with Crippen molar-refractivity contribution in [3.05, 3.63) is 29.8 Å². The summed E-state index contributed by atoms with van der Waals surface area (Å²) in [6.45, 7) is 3.96. The lowest BCUT2D eigenvalue weighted by molar-refractivity contribution is 0.554. The lowest BCUT2D eigenvalue weighted by Gasteiger charge is -2.20. The highest BCUT2D eigenvalue weighted by Gasteiger charge is 2.31. The molecule has 1 aromatic carbocycles. The highest BCUT2D eigenvalue weighted by Crippen LogP contribution is 2.31. The van der Waals surface area contributed by atoms with Crippen LogP contribution in [0.4, 0.5) is 0 Å². The first-order chi connectivity index (χ1) is 9.04. The Labute approximate surface area is 120 Å². The molecule has 0 aromatic heterocycles. The normalized spacial score (nSPS) is 23.7. The Balaban J connectivity index is 2.16. The molecule has 0 spiro atoms. The minimum atomic E-state index is -3.39. The van der Waals surface area contributed by atoms with E-state index in [9.17, 15) is 8.42 Å². The molecular formula is C14H21NO2S2. The number of sulfonamides is 1. The summed E-state index contributed by atoms with van der Waals surface area (Å²) in [6.07, 6.45) is 3.17. The zero-order valence-corrected chi connectivity index (χ0v) is 13.1. The molecule has 1 aliphatic carbocycles. The second-order valence-electron chi connectivity index (χ2n) is 4.92. The predicted octanol–water partition coefficient (Wildman–Crippen LogP) is 2.95. The Morgan fingerprint density at radius 1 is 1.32 bits per heavy atom. The Morgan fingerprint density at radius 2 is 2.05 bits per heavy atom. The van der Waals surface area contributed by atoms with Crippen LogP contribution in [-0.2, 0) is 10.0 Å². The smallest absolute Gasteiger partial charge is 0.207 e. The number of aryl methyl sites for hydroxylation is 1. The van der Waals surface area contributed by atoms with Crippen molar-refractivity contribution in [3.63, 3.8) is 0 Å². The van der Waals surface area contributed by atoms with Crippen molar-refractivity contribution in [2.75, 3.05) is 5.75 Å². The molecule has 1 aromatic rings. The molecular weight excluding hydrogens is 278 g/mol. The number of thioether (sulfide) groups is 1. The van der Waals surface area contributed by atoms with Gasteiger partial charge in [0.05, 0.1) is 4.90 Å². The van der Waals surface area contributed by atoms with Gasteiger partial charge in [-0.2, -0.15) is 11.8 Å². The Morgan fingerprint density at radius 3 is 2.74 bits per heavy atom. The van der Waals surface area contributed by atoms with Gasteiger partial charge in [0.2, 0.25) is 10.0 Å². The van der Waals surface area contributed by atoms with Crippen molar-refractivity contribution in [1.29, 1.82) is 0 Å². The Hall–Kier alpha value is -0.520. The van der Waals surface area contributed by atoms with Crippen molar-refractivity contribution in [2.24, 2.45) is 0 Å². The molecule has 106 valence electrons. The molecule has 2 unspecified atom stereocenters. The molecule has 0 amide bonds. The fourth-order valence-electron chi connectivity index (χ4n) is 2.60. The van der Waals surface area contributed by atoms with Crippen LogP contribution in [0, 0.1) is 6.92 Å². The average Bonchev–Trinajstić information content (AvgIpc) is 2.77. The Bertz CT molecular complexity index is 528. The molecule has 0 saturated heterocycles. The van der Waals surface area contributed by atoms with Crippen molar-refractivity contribution in [3.8, 4) is 0 Å². The molecule has 1 saturated carbocycles. The van der Waals surface area contributed by atoms with Crippen LogP contribution in [0.2, 0.25) is 0 Å². The molecule has 1 aliphatic rings. The first-order valence-corrected chi connectivity index (χ1v) is 9.27. The number of nitrogens with one attached hydrogen (secondary N) is 1. The first kappa shape index (κ1) is 14.9. The zero-order valence-electron chi connectivity index (χ0n) is 11.4. The second kappa shape index (κ2) is 6.29. The van der Waals surface area contributed by atoms with Crippen LogP contribution < -0.4 is 4.72 Å².